The maximum absolute atomic E-state index is 11.1. The summed E-state index contributed by atoms with van der Waals surface area (Å²) in [4.78, 5) is 13.1. The van der Waals surface area contributed by atoms with Crippen molar-refractivity contribution in [3.63, 3.8) is 0 Å². The van der Waals surface area contributed by atoms with Crippen LogP contribution in [0.4, 0.5) is 5.69 Å². The molecule has 0 spiro atoms. The van der Waals surface area contributed by atoms with Gasteiger partial charge in [-0.15, -0.1) is 0 Å². The van der Waals surface area contributed by atoms with E-state index < -0.39 is 5.97 Å². The molecule has 19 heavy (non-hydrogen) atoms. The second kappa shape index (κ2) is 7.76. The average molecular weight is 266 g/mol. The molecule has 0 aliphatic rings. The molecule has 1 rings (SSSR count). The van der Waals surface area contributed by atoms with Crippen LogP contribution in [0.2, 0.25) is 0 Å². The van der Waals surface area contributed by atoms with Gasteiger partial charge in [0.05, 0.1) is 18.8 Å². The summed E-state index contributed by atoms with van der Waals surface area (Å²) in [5.74, 6) is -0.920. The van der Waals surface area contributed by atoms with Gasteiger partial charge in [0.25, 0.3) is 0 Å². The molecule has 1 aromatic rings. The number of nitrogens with zero attached hydrogens (tertiary/aromatic N) is 1. The van der Waals surface area contributed by atoms with Crippen molar-refractivity contribution in [3.05, 3.63) is 29.3 Å². The molecule has 0 atom stereocenters. The van der Waals surface area contributed by atoms with Crippen molar-refractivity contribution in [2.45, 2.75) is 6.92 Å². The van der Waals surface area contributed by atoms with Gasteiger partial charge in [-0.2, -0.15) is 0 Å². The molecule has 0 saturated heterocycles. The third-order valence-corrected chi connectivity index (χ3v) is 2.65. The van der Waals surface area contributed by atoms with Crippen LogP contribution in [-0.2, 0) is 4.74 Å². The molecule has 0 unspecified atom stereocenters. The molecule has 2 N–H and O–H groups in total. The summed E-state index contributed by atoms with van der Waals surface area (Å²) in [6.45, 7) is 4.64. The summed E-state index contributed by atoms with van der Waals surface area (Å²) >= 11 is 0. The van der Waals surface area contributed by atoms with Crippen LogP contribution in [0.1, 0.15) is 15.9 Å². The predicted octanol–water partition coefficient (Wildman–Crippen LogP) is 1.68. The zero-order valence-electron chi connectivity index (χ0n) is 11.8. The van der Waals surface area contributed by atoms with Crippen molar-refractivity contribution < 1.29 is 14.6 Å². The topological polar surface area (TPSA) is 61.8 Å². The summed E-state index contributed by atoms with van der Waals surface area (Å²) < 4.78 is 5.45. The Morgan fingerprint density at radius 1 is 1.37 bits per heavy atom. The summed E-state index contributed by atoms with van der Waals surface area (Å²) in [5, 5.41) is 12.2. The Morgan fingerprint density at radius 3 is 2.74 bits per heavy atom. The van der Waals surface area contributed by atoms with E-state index in [1.54, 1.807) is 12.1 Å². The van der Waals surface area contributed by atoms with Gasteiger partial charge < -0.3 is 20.1 Å². The van der Waals surface area contributed by atoms with E-state index in [1.165, 1.54) is 0 Å². The number of anilines is 1. The Bertz CT molecular complexity index is 419. The SMILES string of the molecule is Cc1ccc(C(=O)O)c(NCCOCCN(C)C)c1. The maximum Gasteiger partial charge on any atom is 0.337 e. The van der Waals surface area contributed by atoms with Crippen LogP contribution in [0.3, 0.4) is 0 Å². The van der Waals surface area contributed by atoms with E-state index in [1.807, 2.05) is 27.1 Å². The van der Waals surface area contributed by atoms with Crippen molar-refractivity contribution >= 4 is 11.7 Å². The van der Waals surface area contributed by atoms with Crippen molar-refractivity contribution in [1.29, 1.82) is 0 Å². The van der Waals surface area contributed by atoms with Crippen LogP contribution in [0.15, 0.2) is 18.2 Å². The fraction of sp³-hybridized carbons (Fsp3) is 0.500. The minimum absolute atomic E-state index is 0.291. The Hall–Kier alpha value is -1.59. The molecule has 0 aliphatic heterocycles. The summed E-state index contributed by atoms with van der Waals surface area (Å²) in [7, 11) is 3.99. The second-order valence-electron chi connectivity index (χ2n) is 4.70. The van der Waals surface area contributed by atoms with E-state index in [0.29, 0.717) is 31.0 Å². The zero-order valence-corrected chi connectivity index (χ0v) is 11.8. The monoisotopic (exact) mass is 266 g/mol. The number of nitrogens with one attached hydrogen (secondary N) is 1. The largest absolute Gasteiger partial charge is 0.478 e. The van der Waals surface area contributed by atoms with Gasteiger partial charge in [-0.1, -0.05) is 6.07 Å². The zero-order chi connectivity index (χ0) is 14.3. The standard InChI is InChI=1S/C14H22N2O3/c1-11-4-5-12(14(17)18)13(10-11)15-6-8-19-9-7-16(2)3/h4-5,10,15H,6-9H2,1-3H3,(H,17,18). The van der Waals surface area contributed by atoms with Crippen molar-refractivity contribution in [2.75, 3.05) is 45.7 Å². The number of aromatic carboxylic acids is 1. The molecule has 5 nitrogen and oxygen atoms in total. The normalized spacial score (nSPS) is 10.7. The third kappa shape index (κ3) is 5.72. The number of rotatable bonds is 8. The van der Waals surface area contributed by atoms with Gasteiger partial charge in [0, 0.05) is 18.8 Å². The van der Waals surface area contributed by atoms with Crippen LogP contribution in [0, 0.1) is 6.92 Å². The van der Waals surface area contributed by atoms with Crippen LogP contribution in [-0.4, -0.2) is 56.4 Å². The van der Waals surface area contributed by atoms with Gasteiger partial charge >= 0.3 is 5.97 Å². The van der Waals surface area contributed by atoms with Crippen molar-refractivity contribution in [3.8, 4) is 0 Å². The minimum atomic E-state index is -0.920. The number of aryl methyl sites for hydroxylation is 1. The van der Waals surface area contributed by atoms with E-state index in [9.17, 15) is 4.79 Å². The highest BCUT2D eigenvalue weighted by Crippen LogP contribution is 2.17. The fourth-order valence-corrected chi connectivity index (χ4v) is 1.60. The van der Waals surface area contributed by atoms with Crippen molar-refractivity contribution in [2.24, 2.45) is 0 Å². The van der Waals surface area contributed by atoms with Gasteiger partial charge in [0.1, 0.15) is 0 Å². The number of carboxylic acids is 1. The molecule has 0 bridgehead atoms. The highest BCUT2D eigenvalue weighted by atomic mass is 16.5. The molecule has 0 aromatic heterocycles. The Kier molecular flexibility index (Phi) is 6.32. The van der Waals surface area contributed by atoms with E-state index in [2.05, 4.69) is 10.2 Å². The number of carbonyl (C=O) groups is 1. The summed E-state index contributed by atoms with van der Waals surface area (Å²) in [6, 6.07) is 5.25. The molecule has 1 aromatic carbocycles. The third-order valence-electron chi connectivity index (χ3n) is 2.65. The molecule has 0 radical (unpaired) electrons. The quantitative estimate of drug-likeness (QED) is 0.701. The number of hydrogen-bond acceptors (Lipinski definition) is 4. The first-order valence-electron chi connectivity index (χ1n) is 6.31. The van der Waals surface area contributed by atoms with Crippen LogP contribution in [0.5, 0.6) is 0 Å². The lowest BCUT2D eigenvalue weighted by Gasteiger charge is -2.12. The number of likely N-dealkylation sites (N-methyl/N-ethyl adjacent to an activating group) is 1. The molecule has 0 heterocycles. The van der Waals surface area contributed by atoms with E-state index in [-0.39, 0.29) is 0 Å². The predicted molar refractivity (Wildman–Crippen MR) is 76.0 cm³/mol. The molecular weight excluding hydrogens is 244 g/mol. The van der Waals surface area contributed by atoms with Crippen LogP contribution in [0.25, 0.3) is 0 Å². The lowest BCUT2D eigenvalue weighted by Crippen LogP contribution is -2.20. The lowest BCUT2D eigenvalue weighted by atomic mass is 10.1. The first-order valence-corrected chi connectivity index (χ1v) is 6.31. The minimum Gasteiger partial charge on any atom is -0.478 e. The van der Waals surface area contributed by atoms with Crippen LogP contribution < -0.4 is 5.32 Å². The van der Waals surface area contributed by atoms with E-state index in [0.717, 1.165) is 12.1 Å². The fourth-order valence-electron chi connectivity index (χ4n) is 1.60. The molecule has 0 aliphatic carbocycles. The Labute approximate surface area is 114 Å². The highest BCUT2D eigenvalue weighted by Gasteiger charge is 2.09. The number of hydrogen-bond donors (Lipinski definition) is 2. The Balaban J connectivity index is 2.40. The van der Waals surface area contributed by atoms with E-state index in [4.69, 9.17) is 9.84 Å². The van der Waals surface area contributed by atoms with Crippen molar-refractivity contribution in [1.82, 2.24) is 4.90 Å². The first-order chi connectivity index (χ1) is 9.00. The summed E-state index contributed by atoms with van der Waals surface area (Å²) in [5.41, 5.74) is 1.96. The summed E-state index contributed by atoms with van der Waals surface area (Å²) in [6.07, 6.45) is 0. The highest BCUT2D eigenvalue weighted by molar-refractivity contribution is 5.94. The van der Waals surface area contributed by atoms with Gasteiger partial charge in [-0.25, -0.2) is 4.79 Å². The first kappa shape index (κ1) is 15.5. The van der Waals surface area contributed by atoms with Gasteiger partial charge in [0.2, 0.25) is 0 Å². The maximum atomic E-state index is 11.1. The molecule has 0 amide bonds. The molecule has 5 heteroatoms. The number of ether oxygens (including phenoxy) is 1. The molecule has 0 fully saturated rings. The van der Waals surface area contributed by atoms with E-state index >= 15 is 0 Å². The second-order valence-corrected chi connectivity index (χ2v) is 4.70. The smallest absolute Gasteiger partial charge is 0.337 e. The van der Waals surface area contributed by atoms with Crippen LogP contribution >= 0.6 is 0 Å². The molecule has 106 valence electrons. The average Bonchev–Trinajstić information content (AvgIpc) is 2.33. The Morgan fingerprint density at radius 2 is 2.11 bits per heavy atom. The molecule has 0 saturated carbocycles. The lowest BCUT2D eigenvalue weighted by molar-refractivity contribution is 0.0697. The number of benzene rings is 1. The molecular formula is C14H22N2O3. The van der Waals surface area contributed by atoms with Gasteiger partial charge in [-0.3, -0.25) is 0 Å². The van der Waals surface area contributed by atoms with Gasteiger partial charge in [0.15, 0.2) is 0 Å². The number of carboxylic acid groups (broad SMARTS) is 1. The van der Waals surface area contributed by atoms with Gasteiger partial charge in [-0.05, 0) is 38.7 Å².